The van der Waals surface area contributed by atoms with E-state index in [0.29, 0.717) is 28.5 Å². The van der Waals surface area contributed by atoms with E-state index in [2.05, 4.69) is 0 Å². The molecule has 1 unspecified atom stereocenters. The molecule has 25 heavy (non-hydrogen) atoms. The van der Waals surface area contributed by atoms with Crippen LogP contribution in [0.15, 0.2) is 12.1 Å². The molecule has 0 fully saturated rings. The first-order valence-corrected chi connectivity index (χ1v) is 7.95. The van der Waals surface area contributed by atoms with E-state index in [4.69, 9.17) is 23.9 Å². The fraction of sp³-hybridized carbons (Fsp3) is 0.368. The highest BCUT2D eigenvalue weighted by atomic mass is 16.5. The summed E-state index contributed by atoms with van der Waals surface area (Å²) < 4.78 is 21.5. The highest BCUT2D eigenvalue weighted by Crippen LogP contribution is 2.43. The number of cyclic esters (lactones) is 1. The first kappa shape index (κ1) is 17.1. The number of fused-ring (bicyclic) bond motifs is 1. The van der Waals surface area contributed by atoms with E-state index >= 15 is 0 Å². The normalized spacial score (nSPS) is 15.6. The van der Waals surface area contributed by atoms with Crippen molar-refractivity contribution in [1.29, 1.82) is 0 Å². The van der Waals surface area contributed by atoms with Gasteiger partial charge < -0.3 is 18.9 Å². The van der Waals surface area contributed by atoms with Crippen LogP contribution in [0.1, 0.15) is 40.2 Å². The van der Waals surface area contributed by atoms with Crippen molar-refractivity contribution in [3.63, 3.8) is 0 Å². The van der Waals surface area contributed by atoms with Gasteiger partial charge in [-0.15, -0.1) is 0 Å². The van der Waals surface area contributed by atoms with Gasteiger partial charge in [-0.05, 0) is 44.0 Å². The van der Waals surface area contributed by atoms with Crippen molar-refractivity contribution < 1.29 is 23.7 Å². The minimum Gasteiger partial charge on any atom is -0.493 e. The number of methoxy groups -OCH3 is 3. The molecule has 1 aliphatic rings. The van der Waals surface area contributed by atoms with Crippen molar-refractivity contribution in [2.75, 3.05) is 21.3 Å². The number of carbonyl (C=O) groups is 1. The van der Waals surface area contributed by atoms with Gasteiger partial charge in [0.15, 0.2) is 11.5 Å². The molecule has 0 bridgehead atoms. The molecule has 0 spiro atoms. The third-order valence-electron chi connectivity index (χ3n) is 4.59. The highest BCUT2D eigenvalue weighted by Gasteiger charge is 2.33. The Bertz CT molecular complexity index is 834. The molecule has 1 aromatic heterocycles. The molecule has 0 aliphatic carbocycles. The molecule has 0 saturated heterocycles. The van der Waals surface area contributed by atoms with E-state index < -0.39 is 0 Å². The van der Waals surface area contributed by atoms with Crippen LogP contribution in [0, 0.1) is 13.8 Å². The van der Waals surface area contributed by atoms with Gasteiger partial charge in [0.05, 0.1) is 38.3 Å². The van der Waals surface area contributed by atoms with Crippen LogP contribution in [0.3, 0.4) is 0 Å². The Balaban J connectivity index is 2.26. The molecule has 0 saturated carbocycles. The topological polar surface area (TPSA) is 66.9 Å². The van der Waals surface area contributed by atoms with Gasteiger partial charge in [0.2, 0.25) is 5.75 Å². The van der Waals surface area contributed by atoms with Crippen LogP contribution in [0.5, 0.6) is 17.2 Å². The summed E-state index contributed by atoms with van der Waals surface area (Å²) in [6.45, 7) is 5.68. The molecule has 2 heterocycles. The summed E-state index contributed by atoms with van der Waals surface area (Å²) in [6, 6.07) is 3.70. The number of nitrogens with zero attached hydrogens (tertiary/aromatic N) is 1. The molecule has 0 N–H and O–H groups in total. The number of carbonyl (C=O) groups excluding carboxylic acids is 1. The maximum atomic E-state index is 12.1. The summed E-state index contributed by atoms with van der Waals surface area (Å²) in [5.74, 6) is 1.32. The van der Waals surface area contributed by atoms with Crippen LogP contribution in [0.4, 0.5) is 0 Å². The average molecular weight is 343 g/mol. The van der Waals surface area contributed by atoms with Crippen LogP contribution in [-0.2, 0) is 4.74 Å². The fourth-order valence-corrected chi connectivity index (χ4v) is 3.14. The maximum absolute atomic E-state index is 12.1. The Hall–Kier alpha value is -2.76. The van der Waals surface area contributed by atoms with Gasteiger partial charge in [0.1, 0.15) is 6.10 Å². The molecule has 6 nitrogen and oxygen atoms in total. The zero-order chi connectivity index (χ0) is 18.3. The maximum Gasteiger partial charge on any atom is 0.341 e. The summed E-state index contributed by atoms with van der Waals surface area (Å²) >= 11 is 0. The Morgan fingerprint density at radius 3 is 2.12 bits per heavy atom. The molecule has 6 heteroatoms. The molecular weight excluding hydrogens is 322 g/mol. The SMILES string of the molecule is COc1cc(-c2nc3c(c(C)c2C)C(=O)OC3C)cc(OC)c1OC. The molecule has 2 aromatic rings. The Morgan fingerprint density at radius 1 is 1.00 bits per heavy atom. The minimum absolute atomic E-state index is 0.313. The lowest BCUT2D eigenvalue weighted by molar-refractivity contribution is 0.0417. The minimum atomic E-state index is -0.359. The largest absolute Gasteiger partial charge is 0.493 e. The number of pyridine rings is 1. The number of ether oxygens (including phenoxy) is 4. The molecule has 132 valence electrons. The zero-order valence-electron chi connectivity index (χ0n) is 15.2. The van der Waals surface area contributed by atoms with E-state index in [9.17, 15) is 4.79 Å². The van der Waals surface area contributed by atoms with Crippen LogP contribution >= 0.6 is 0 Å². The second-order valence-electron chi connectivity index (χ2n) is 5.93. The number of hydrogen-bond acceptors (Lipinski definition) is 6. The first-order valence-electron chi connectivity index (χ1n) is 7.95. The first-order chi connectivity index (χ1) is 11.9. The number of esters is 1. The third kappa shape index (κ3) is 2.58. The lowest BCUT2D eigenvalue weighted by Crippen LogP contribution is -2.04. The van der Waals surface area contributed by atoms with Crippen LogP contribution in [0.25, 0.3) is 11.3 Å². The Labute approximate surface area is 146 Å². The van der Waals surface area contributed by atoms with Crippen molar-refractivity contribution >= 4 is 5.97 Å². The van der Waals surface area contributed by atoms with Crippen molar-refractivity contribution in [3.8, 4) is 28.5 Å². The summed E-state index contributed by atoms with van der Waals surface area (Å²) in [6.07, 6.45) is -0.359. The molecular formula is C19H21NO5. The van der Waals surface area contributed by atoms with Gasteiger partial charge in [0, 0.05) is 5.56 Å². The molecule has 3 rings (SSSR count). The molecule has 0 radical (unpaired) electrons. The summed E-state index contributed by atoms with van der Waals surface area (Å²) in [7, 11) is 4.71. The standard InChI is InChI=1S/C19H21NO5/c1-9-10(2)16(20-17-11(3)25-19(21)15(9)17)12-7-13(22-4)18(24-6)14(8-12)23-5/h7-8,11H,1-6H3. The summed E-state index contributed by atoms with van der Waals surface area (Å²) in [5.41, 5.74) is 4.62. The second-order valence-corrected chi connectivity index (χ2v) is 5.93. The van der Waals surface area contributed by atoms with Gasteiger partial charge in [-0.25, -0.2) is 9.78 Å². The number of benzene rings is 1. The van der Waals surface area contributed by atoms with Crippen molar-refractivity contribution in [3.05, 3.63) is 34.5 Å². The second kappa shape index (κ2) is 6.27. The van der Waals surface area contributed by atoms with Crippen molar-refractivity contribution in [1.82, 2.24) is 4.98 Å². The lowest BCUT2D eigenvalue weighted by Gasteiger charge is -2.16. The van der Waals surface area contributed by atoms with E-state index in [-0.39, 0.29) is 12.1 Å². The fourth-order valence-electron chi connectivity index (χ4n) is 3.14. The van der Waals surface area contributed by atoms with Gasteiger partial charge >= 0.3 is 5.97 Å². The monoisotopic (exact) mass is 343 g/mol. The van der Waals surface area contributed by atoms with Crippen LogP contribution in [0.2, 0.25) is 0 Å². The van der Waals surface area contributed by atoms with Crippen LogP contribution in [-0.4, -0.2) is 32.3 Å². The van der Waals surface area contributed by atoms with Crippen LogP contribution < -0.4 is 14.2 Å². The van der Waals surface area contributed by atoms with E-state index in [1.165, 1.54) is 0 Å². The third-order valence-corrected chi connectivity index (χ3v) is 4.59. The van der Waals surface area contributed by atoms with Gasteiger partial charge in [0.25, 0.3) is 0 Å². The number of aromatic nitrogens is 1. The predicted molar refractivity (Wildman–Crippen MR) is 92.6 cm³/mol. The Morgan fingerprint density at radius 2 is 1.60 bits per heavy atom. The van der Waals surface area contributed by atoms with Crippen molar-refractivity contribution in [2.45, 2.75) is 26.9 Å². The number of hydrogen-bond donors (Lipinski definition) is 0. The van der Waals surface area contributed by atoms with Gasteiger partial charge in [-0.3, -0.25) is 0 Å². The lowest BCUT2D eigenvalue weighted by atomic mass is 9.96. The Kier molecular flexibility index (Phi) is 4.29. The summed E-state index contributed by atoms with van der Waals surface area (Å²) in [5, 5.41) is 0. The predicted octanol–water partition coefficient (Wildman–Crippen LogP) is 3.62. The van der Waals surface area contributed by atoms with E-state index in [0.717, 1.165) is 22.4 Å². The quantitative estimate of drug-likeness (QED) is 0.790. The smallest absolute Gasteiger partial charge is 0.341 e. The average Bonchev–Trinajstić information content (AvgIpc) is 2.90. The van der Waals surface area contributed by atoms with E-state index in [1.807, 2.05) is 32.9 Å². The molecule has 1 aromatic carbocycles. The molecule has 1 atom stereocenters. The molecule has 0 amide bonds. The highest BCUT2D eigenvalue weighted by molar-refractivity contribution is 5.96. The number of rotatable bonds is 4. The zero-order valence-corrected chi connectivity index (χ0v) is 15.2. The van der Waals surface area contributed by atoms with Gasteiger partial charge in [-0.1, -0.05) is 0 Å². The summed E-state index contributed by atoms with van der Waals surface area (Å²) in [4.78, 5) is 16.8. The molecule has 1 aliphatic heterocycles. The van der Waals surface area contributed by atoms with Gasteiger partial charge in [-0.2, -0.15) is 0 Å². The van der Waals surface area contributed by atoms with Crippen molar-refractivity contribution in [2.24, 2.45) is 0 Å². The van der Waals surface area contributed by atoms with E-state index in [1.54, 1.807) is 21.3 Å².